The minimum absolute atomic E-state index is 0.0386. The van der Waals surface area contributed by atoms with Gasteiger partial charge < -0.3 is 24.2 Å². The molecule has 3 atom stereocenters. The van der Waals surface area contributed by atoms with E-state index in [4.69, 9.17) is 24.1 Å². The number of fused-ring (bicyclic) bond motifs is 1. The van der Waals surface area contributed by atoms with Crippen LogP contribution in [0.15, 0.2) is 0 Å². The van der Waals surface area contributed by atoms with Gasteiger partial charge in [0.1, 0.15) is 0 Å². The second kappa shape index (κ2) is 10.3. The summed E-state index contributed by atoms with van der Waals surface area (Å²) in [6, 6.07) is 0.633. The normalized spacial score (nSPS) is 30.9. The fourth-order valence-corrected chi connectivity index (χ4v) is 4.65. The largest absolute Gasteiger partial charge is 0.490 e. The Balaban J connectivity index is 0.000000318. The number of carbonyl (C=O) groups excluding carboxylic acids is 1. The van der Waals surface area contributed by atoms with Crippen molar-refractivity contribution in [2.24, 2.45) is 17.8 Å². The lowest BCUT2D eigenvalue weighted by Crippen LogP contribution is -2.49. The molecule has 0 aromatic heterocycles. The molecule has 0 aromatic rings. The maximum absolute atomic E-state index is 12.9. The molecule has 1 N–H and O–H groups in total. The highest BCUT2D eigenvalue weighted by molar-refractivity contribution is 5.79. The van der Waals surface area contributed by atoms with Crippen LogP contribution in [-0.4, -0.2) is 105 Å². The number of ether oxygens (including phenoxy) is 3. The Morgan fingerprint density at radius 1 is 0.900 bits per heavy atom. The van der Waals surface area contributed by atoms with Crippen LogP contribution in [0.25, 0.3) is 0 Å². The van der Waals surface area contributed by atoms with E-state index in [2.05, 4.69) is 4.90 Å². The molecule has 4 saturated heterocycles. The zero-order chi connectivity index (χ0) is 21.7. The standard InChI is InChI=1S/C17H28N2O4.C2HF3O2/c20-17(18-3-7-22-8-4-18)16-12-23-11-13-9-19(10-15(13)16)14-1-5-21-6-2-14;3-2(4,5)1(6)7/h13-16H,1-12H2;(H,6,7)/t13-,15-,16-;/m1./s1. The van der Waals surface area contributed by atoms with Crippen molar-refractivity contribution in [2.75, 3.05) is 65.8 Å². The van der Waals surface area contributed by atoms with Gasteiger partial charge in [0.15, 0.2) is 0 Å². The SMILES string of the molecule is O=C(O)C(F)(F)F.O=C([C@@H]1COC[C@H]2CN(C3CCOCC3)C[C@H]21)N1CCOCC1. The molecule has 11 heteroatoms. The molecule has 1 amide bonds. The molecule has 0 aliphatic carbocycles. The second-order valence-electron chi connectivity index (χ2n) is 8.11. The molecule has 4 heterocycles. The van der Waals surface area contributed by atoms with Crippen molar-refractivity contribution in [3.8, 4) is 0 Å². The van der Waals surface area contributed by atoms with Crippen molar-refractivity contribution in [3.05, 3.63) is 0 Å². The van der Waals surface area contributed by atoms with Crippen LogP contribution in [0.3, 0.4) is 0 Å². The smallest absolute Gasteiger partial charge is 0.475 e. The molecule has 172 valence electrons. The van der Waals surface area contributed by atoms with E-state index in [-0.39, 0.29) is 11.8 Å². The minimum Gasteiger partial charge on any atom is -0.475 e. The van der Waals surface area contributed by atoms with Gasteiger partial charge in [-0.05, 0) is 24.7 Å². The lowest BCUT2D eigenvalue weighted by molar-refractivity contribution is -0.192. The van der Waals surface area contributed by atoms with Crippen LogP contribution >= 0.6 is 0 Å². The van der Waals surface area contributed by atoms with Gasteiger partial charge in [0.05, 0.1) is 32.3 Å². The van der Waals surface area contributed by atoms with Gasteiger partial charge in [0.25, 0.3) is 0 Å². The van der Waals surface area contributed by atoms with Gasteiger partial charge in [0.2, 0.25) is 5.91 Å². The van der Waals surface area contributed by atoms with Crippen LogP contribution in [0, 0.1) is 17.8 Å². The molecule has 8 nitrogen and oxygen atoms in total. The first-order valence-corrected chi connectivity index (χ1v) is 10.3. The number of amides is 1. The Bertz CT molecular complexity index is 593. The van der Waals surface area contributed by atoms with Gasteiger partial charge >= 0.3 is 12.1 Å². The van der Waals surface area contributed by atoms with Crippen LogP contribution < -0.4 is 0 Å². The van der Waals surface area contributed by atoms with Crippen molar-refractivity contribution >= 4 is 11.9 Å². The Kier molecular flexibility index (Phi) is 7.94. The van der Waals surface area contributed by atoms with Crippen LogP contribution in [0.1, 0.15) is 12.8 Å². The van der Waals surface area contributed by atoms with E-state index in [1.54, 1.807) is 0 Å². The summed E-state index contributed by atoms with van der Waals surface area (Å²) in [6.45, 7) is 8.11. The highest BCUT2D eigenvalue weighted by Crippen LogP contribution is 2.37. The fraction of sp³-hybridized carbons (Fsp3) is 0.895. The molecule has 0 aromatic carbocycles. The summed E-state index contributed by atoms with van der Waals surface area (Å²) < 4.78 is 48.4. The van der Waals surface area contributed by atoms with Gasteiger partial charge in [-0.3, -0.25) is 9.69 Å². The third-order valence-electron chi connectivity index (χ3n) is 6.26. The molecule has 4 aliphatic heterocycles. The quantitative estimate of drug-likeness (QED) is 0.684. The monoisotopic (exact) mass is 438 g/mol. The molecule has 0 saturated carbocycles. The number of likely N-dealkylation sites (tertiary alicyclic amines) is 1. The van der Waals surface area contributed by atoms with Gasteiger partial charge in [-0.25, -0.2) is 4.79 Å². The first-order valence-electron chi connectivity index (χ1n) is 10.3. The number of carboxylic acid groups (broad SMARTS) is 1. The van der Waals surface area contributed by atoms with Crippen LogP contribution in [0.5, 0.6) is 0 Å². The van der Waals surface area contributed by atoms with E-state index >= 15 is 0 Å². The molecular formula is C19H29F3N2O6. The van der Waals surface area contributed by atoms with E-state index in [0.29, 0.717) is 37.7 Å². The van der Waals surface area contributed by atoms with Gasteiger partial charge in [0, 0.05) is 45.4 Å². The molecule has 30 heavy (non-hydrogen) atoms. The Hall–Kier alpha value is -1.43. The third kappa shape index (κ3) is 5.83. The van der Waals surface area contributed by atoms with E-state index < -0.39 is 12.1 Å². The number of carbonyl (C=O) groups is 2. The summed E-state index contributed by atoms with van der Waals surface area (Å²) in [4.78, 5) is 26.4. The second-order valence-corrected chi connectivity index (χ2v) is 8.11. The molecule has 0 spiro atoms. The maximum atomic E-state index is 12.9. The number of nitrogens with zero attached hydrogens (tertiary/aromatic N) is 2. The number of alkyl halides is 3. The summed E-state index contributed by atoms with van der Waals surface area (Å²) in [5.41, 5.74) is 0. The number of halogens is 3. The Morgan fingerprint density at radius 3 is 2.10 bits per heavy atom. The van der Waals surface area contributed by atoms with Crippen molar-refractivity contribution in [2.45, 2.75) is 25.1 Å². The predicted molar refractivity (Wildman–Crippen MR) is 97.8 cm³/mol. The number of rotatable bonds is 2. The van der Waals surface area contributed by atoms with Crippen molar-refractivity contribution in [3.63, 3.8) is 0 Å². The lowest BCUT2D eigenvalue weighted by Gasteiger charge is -2.37. The average Bonchev–Trinajstić information content (AvgIpc) is 3.19. The first kappa shape index (κ1) is 23.2. The molecular weight excluding hydrogens is 409 g/mol. The van der Waals surface area contributed by atoms with Crippen molar-refractivity contribution in [1.29, 1.82) is 0 Å². The summed E-state index contributed by atoms with van der Waals surface area (Å²) in [5, 5.41) is 7.12. The highest BCUT2D eigenvalue weighted by Gasteiger charge is 2.46. The minimum atomic E-state index is -5.08. The maximum Gasteiger partial charge on any atom is 0.490 e. The first-order chi connectivity index (χ1) is 14.3. The zero-order valence-electron chi connectivity index (χ0n) is 16.8. The summed E-state index contributed by atoms with van der Waals surface area (Å²) in [5.74, 6) is -1.45. The predicted octanol–water partition coefficient (Wildman–Crippen LogP) is 0.852. The molecule has 0 bridgehead atoms. The van der Waals surface area contributed by atoms with Crippen molar-refractivity contribution in [1.82, 2.24) is 9.80 Å². The summed E-state index contributed by atoms with van der Waals surface area (Å²) in [6.07, 6.45) is -2.83. The summed E-state index contributed by atoms with van der Waals surface area (Å²) >= 11 is 0. The summed E-state index contributed by atoms with van der Waals surface area (Å²) in [7, 11) is 0. The van der Waals surface area contributed by atoms with Crippen LogP contribution in [0.2, 0.25) is 0 Å². The van der Waals surface area contributed by atoms with Crippen LogP contribution in [0.4, 0.5) is 13.2 Å². The Morgan fingerprint density at radius 2 is 1.50 bits per heavy atom. The number of hydrogen-bond donors (Lipinski definition) is 1. The fourth-order valence-electron chi connectivity index (χ4n) is 4.65. The molecule has 4 fully saturated rings. The van der Waals surface area contributed by atoms with Gasteiger partial charge in [-0.15, -0.1) is 0 Å². The van der Waals surface area contributed by atoms with Crippen LogP contribution in [-0.2, 0) is 23.8 Å². The zero-order valence-corrected chi connectivity index (χ0v) is 16.8. The van der Waals surface area contributed by atoms with E-state index in [0.717, 1.165) is 58.8 Å². The van der Waals surface area contributed by atoms with Gasteiger partial charge in [-0.1, -0.05) is 0 Å². The lowest BCUT2D eigenvalue weighted by atomic mass is 9.82. The van der Waals surface area contributed by atoms with Gasteiger partial charge in [-0.2, -0.15) is 13.2 Å². The molecule has 0 radical (unpaired) electrons. The topological polar surface area (TPSA) is 88.5 Å². The Labute approximate surface area is 173 Å². The average molecular weight is 438 g/mol. The van der Waals surface area contributed by atoms with E-state index in [9.17, 15) is 18.0 Å². The van der Waals surface area contributed by atoms with Crippen molar-refractivity contribution < 1.29 is 42.1 Å². The molecule has 4 rings (SSSR count). The molecule has 0 unspecified atom stereocenters. The number of morpholine rings is 1. The number of carboxylic acids is 1. The number of hydrogen-bond acceptors (Lipinski definition) is 6. The number of aliphatic carboxylic acids is 1. The highest BCUT2D eigenvalue weighted by atomic mass is 19.4. The third-order valence-corrected chi connectivity index (χ3v) is 6.26. The van der Waals surface area contributed by atoms with E-state index in [1.165, 1.54) is 0 Å². The van der Waals surface area contributed by atoms with E-state index in [1.807, 2.05) is 4.90 Å². The molecule has 4 aliphatic rings.